The molecule has 0 aromatic heterocycles. The normalized spacial score (nSPS) is 19.2. The number of nitrogens with zero attached hydrogens (tertiary/aromatic N) is 5. The third kappa shape index (κ3) is 25.2. The Balaban J connectivity index is 0.000000941. The molecule has 0 radical (unpaired) electrons. The molecule has 4 saturated heterocycles. The minimum atomic E-state index is -0.851. The first-order chi connectivity index (χ1) is 36.4. The highest BCUT2D eigenvalue weighted by molar-refractivity contribution is 8.14. The van der Waals surface area contributed by atoms with Gasteiger partial charge >= 0.3 is 23.8 Å². The Hall–Kier alpha value is -6.71. The number of imide groups is 5. The van der Waals surface area contributed by atoms with Gasteiger partial charge in [0.15, 0.2) is 22.6 Å². The van der Waals surface area contributed by atoms with Crippen molar-refractivity contribution in [1.29, 1.82) is 0 Å². The van der Waals surface area contributed by atoms with E-state index in [9.17, 15) is 91.1 Å². The fraction of sp³-hybridized carbons (Fsp3) is 0.500. The number of carbonyl (C=O) groups is 19. The minimum absolute atomic E-state index is 0.000185. The van der Waals surface area contributed by atoms with E-state index in [0.717, 1.165) is 45.5 Å². The van der Waals surface area contributed by atoms with E-state index in [0.29, 0.717) is 28.2 Å². The first-order valence-electron chi connectivity index (χ1n) is 22.8. The van der Waals surface area contributed by atoms with Gasteiger partial charge in [-0.2, -0.15) is 17.1 Å². The van der Waals surface area contributed by atoms with Crippen LogP contribution in [0.2, 0.25) is 0 Å². The molecule has 78 heavy (non-hydrogen) atoms. The number of nitrogens with two attached hydrogens (primary N) is 1. The second kappa shape index (κ2) is 35.7. The molecule has 6 aliphatic rings. The van der Waals surface area contributed by atoms with Crippen LogP contribution in [-0.4, -0.2) is 194 Å². The van der Waals surface area contributed by atoms with Crippen molar-refractivity contribution in [3.63, 3.8) is 0 Å². The SMILES string of the molecule is CC(=O)CCN1C(=O)C=CC1=O.CC(=O)CS.CC(=O)CSC(C)=O.CC(=O)CSC1CC(=O)[N+]2(CC2C(C)=O)C1=O.CC(=O)SCC(=O)ON1C(=O)CCC1=O.NO.O=C(CCN1C(=O)C=CC1=O)ON1C(=O)CCC1=O. The van der Waals surface area contributed by atoms with Crippen LogP contribution < -0.4 is 5.90 Å². The summed E-state index contributed by atoms with van der Waals surface area (Å²) in [5.74, 6) is -1.64. The van der Waals surface area contributed by atoms with E-state index >= 15 is 0 Å². The molecule has 0 saturated carbocycles. The molecule has 28 nitrogen and oxygen atoms in total. The van der Waals surface area contributed by atoms with Gasteiger partial charge in [0.1, 0.15) is 34.1 Å². The third-order valence-corrected chi connectivity index (χ3v) is 13.3. The number of thioether (sulfide) groups is 3. The van der Waals surface area contributed by atoms with Crippen molar-refractivity contribution in [3.05, 3.63) is 24.3 Å². The first-order valence-corrected chi connectivity index (χ1v) is 26.4. The molecule has 0 aromatic carbocycles. The highest BCUT2D eigenvalue weighted by atomic mass is 32.2. The van der Waals surface area contributed by atoms with Crippen LogP contribution in [0, 0.1) is 0 Å². The predicted octanol–water partition coefficient (Wildman–Crippen LogP) is -0.711. The van der Waals surface area contributed by atoms with E-state index in [2.05, 4.69) is 28.2 Å². The molecule has 3 N–H and O–H groups in total. The number of thiol groups is 1. The zero-order valence-electron chi connectivity index (χ0n) is 43.4. The van der Waals surface area contributed by atoms with Crippen LogP contribution in [0.3, 0.4) is 0 Å². The van der Waals surface area contributed by atoms with Crippen molar-refractivity contribution >= 4 is 158 Å². The van der Waals surface area contributed by atoms with Crippen molar-refractivity contribution in [2.24, 2.45) is 5.90 Å². The van der Waals surface area contributed by atoms with E-state index < -0.39 is 58.7 Å². The maximum Gasteiger partial charge on any atom is 0.343 e. The van der Waals surface area contributed by atoms with E-state index in [4.69, 9.17) is 5.21 Å². The van der Waals surface area contributed by atoms with Gasteiger partial charge in [0, 0.05) is 96.0 Å². The molecule has 0 aliphatic carbocycles. The van der Waals surface area contributed by atoms with Crippen LogP contribution in [0.25, 0.3) is 0 Å². The second-order valence-corrected chi connectivity index (χ2v) is 20.2. The lowest BCUT2D eigenvalue weighted by molar-refractivity contribution is -0.640. The summed E-state index contributed by atoms with van der Waals surface area (Å²) in [6, 6.07) is -0.460. The van der Waals surface area contributed by atoms with Gasteiger partial charge in [-0.25, -0.2) is 25.1 Å². The molecule has 10 amide bonds. The van der Waals surface area contributed by atoms with Crippen LogP contribution >= 0.6 is 47.9 Å². The number of quaternary nitrogens is 1. The van der Waals surface area contributed by atoms with E-state index in [1.807, 2.05) is 0 Å². The maximum atomic E-state index is 12.1. The molecule has 32 heteroatoms. The monoisotopic (exact) mass is 1180 g/mol. The summed E-state index contributed by atoms with van der Waals surface area (Å²) in [7, 11) is 0. The molecule has 6 aliphatic heterocycles. The Labute approximate surface area is 464 Å². The van der Waals surface area contributed by atoms with Crippen LogP contribution in [0.15, 0.2) is 24.3 Å². The minimum Gasteiger partial charge on any atom is -0.330 e. The number of carbonyl (C=O) groups excluding carboxylic acids is 19. The van der Waals surface area contributed by atoms with Crippen LogP contribution in [0.1, 0.15) is 93.4 Å². The second-order valence-electron chi connectivity index (χ2n) is 16.4. The summed E-state index contributed by atoms with van der Waals surface area (Å²) in [4.78, 5) is 219. The average Bonchev–Trinajstić information content (AvgIpc) is 3.45. The molecule has 0 bridgehead atoms. The lowest BCUT2D eigenvalue weighted by Gasteiger charge is -2.15. The highest BCUT2D eigenvalue weighted by Crippen LogP contribution is 2.43. The molecule has 4 fully saturated rings. The zero-order valence-corrected chi connectivity index (χ0v) is 46.7. The molecule has 3 unspecified atom stereocenters. The van der Waals surface area contributed by atoms with Gasteiger partial charge in [-0.3, -0.25) is 81.7 Å². The smallest absolute Gasteiger partial charge is 0.330 e. The van der Waals surface area contributed by atoms with Crippen LogP contribution in [0.5, 0.6) is 0 Å². The van der Waals surface area contributed by atoms with Gasteiger partial charge in [-0.1, -0.05) is 23.5 Å². The van der Waals surface area contributed by atoms with Gasteiger partial charge in [0.05, 0.1) is 24.3 Å². The number of Topliss-reactive ketones (excluding diaryl/α,β-unsaturated/α-hetero) is 5. The van der Waals surface area contributed by atoms with Crippen molar-refractivity contribution in [1.82, 2.24) is 19.9 Å². The number of amides is 10. The summed E-state index contributed by atoms with van der Waals surface area (Å²) < 4.78 is -0.287. The summed E-state index contributed by atoms with van der Waals surface area (Å²) in [5.41, 5.74) is 0. The Morgan fingerprint density at radius 3 is 1.26 bits per heavy atom. The van der Waals surface area contributed by atoms with Gasteiger partial charge in [0.2, 0.25) is 6.04 Å². The maximum absolute atomic E-state index is 12.1. The van der Waals surface area contributed by atoms with Crippen molar-refractivity contribution in [3.8, 4) is 0 Å². The Morgan fingerprint density at radius 2 is 0.936 bits per heavy atom. The molecule has 3 atom stereocenters. The Kier molecular flexibility index (Phi) is 32.6. The summed E-state index contributed by atoms with van der Waals surface area (Å²) in [6.07, 6.45) is 4.87. The third-order valence-electron chi connectivity index (χ3n) is 9.81. The fourth-order valence-electron chi connectivity index (χ4n) is 6.05. The topological polar surface area (TPSA) is 402 Å². The van der Waals surface area contributed by atoms with Crippen molar-refractivity contribution < 1.29 is 110 Å². The van der Waals surface area contributed by atoms with E-state index in [-0.39, 0.29) is 137 Å². The van der Waals surface area contributed by atoms with Gasteiger partial charge in [0.25, 0.3) is 47.3 Å². The standard InChI is InChI=1S/C11H10N2O6.C11H14NO4S.C8H9NO5S.C8H9NO3.C5H8O2S.C3H6OS.H3NO/c14-7-1-2-8(15)12(7)6-5-11(18)19-13-9(16)3-4-10(13)17;1-6(13)5-17-9-3-10(15)12(11(9)16)4-8(12)7(2)14;1-5(10)15-4-8(13)14-9-6(11)2-3-7(9)12;1-6(10)4-5-9-7(11)2-3-8(9)12;1-4(6)3-8-5(2)7;1-3(4)2-5;1-2/h1-2H,3-6H2;8-9H,3-5H2,1-2H3;2-4H2,1H3;2-3H,4-5H2,1H3;3H2,1-2H3;5H,2H2,1H3;2H,1H2/q;+1;;;;;. The lowest BCUT2D eigenvalue weighted by Crippen LogP contribution is -2.38. The summed E-state index contributed by atoms with van der Waals surface area (Å²) in [5, 5.41) is 6.71. The molecule has 6 rings (SSSR count). The van der Waals surface area contributed by atoms with Crippen molar-refractivity contribution in [2.75, 3.05) is 42.6 Å². The number of rotatable bonds is 17. The zero-order chi connectivity index (χ0) is 60.2. The number of hydrogen-bond donors (Lipinski definition) is 3. The molecule has 6 heterocycles. The molecule has 428 valence electrons. The largest absolute Gasteiger partial charge is 0.343 e. The predicted molar refractivity (Wildman–Crippen MR) is 275 cm³/mol. The highest BCUT2D eigenvalue weighted by Gasteiger charge is 2.73. The number of ketones is 5. The average molecular weight is 1180 g/mol. The fourth-order valence-corrected chi connectivity index (χ4v) is 7.86. The molecular weight excluding hydrogens is 1120 g/mol. The molecule has 1 spiro atoms. The van der Waals surface area contributed by atoms with Gasteiger partial charge < -0.3 is 14.9 Å². The van der Waals surface area contributed by atoms with Crippen LogP contribution in [-0.2, 0) is 101 Å². The van der Waals surface area contributed by atoms with Crippen molar-refractivity contribution in [2.45, 2.75) is 105 Å². The quantitative estimate of drug-likeness (QED) is 0.0532. The summed E-state index contributed by atoms with van der Waals surface area (Å²) in [6.45, 7) is 10.4. The molecular formula is C46H59N6O22S4+. The van der Waals surface area contributed by atoms with Gasteiger partial charge in [-0.05, 0) is 27.7 Å². The Morgan fingerprint density at radius 1 is 0.564 bits per heavy atom. The summed E-state index contributed by atoms with van der Waals surface area (Å²) >= 11 is 6.69. The molecule has 0 aromatic rings. The van der Waals surface area contributed by atoms with Gasteiger partial charge in [-0.15, -0.1) is 21.9 Å². The Bertz CT molecular complexity index is 2410. The lowest BCUT2D eigenvalue weighted by atomic mass is 10.3. The first kappa shape index (κ1) is 71.3. The number of hydrogen-bond acceptors (Lipinski definition) is 27. The number of hydroxylamine groups is 4. The van der Waals surface area contributed by atoms with E-state index in [1.54, 1.807) is 0 Å². The van der Waals surface area contributed by atoms with E-state index in [1.165, 1.54) is 72.4 Å². The van der Waals surface area contributed by atoms with Crippen LogP contribution in [0.4, 0.5) is 0 Å².